The lowest BCUT2D eigenvalue weighted by Crippen LogP contribution is -2.10. The van der Waals surface area contributed by atoms with Crippen LogP contribution in [0.25, 0.3) is 0 Å². The first-order valence-electron chi connectivity index (χ1n) is 3.48. The Morgan fingerprint density at radius 3 is 2.92 bits per heavy atom. The number of nitrogens with zero attached hydrogens (tertiary/aromatic N) is 2. The highest BCUT2D eigenvalue weighted by Crippen LogP contribution is 2.20. The van der Waals surface area contributed by atoms with Gasteiger partial charge in [-0.2, -0.15) is 5.26 Å². The van der Waals surface area contributed by atoms with Crippen LogP contribution in [0.3, 0.4) is 0 Å². The van der Waals surface area contributed by atoms with E-state index in [1.54, 1.807) is 12.3 Å². The van der Waals surface area contributed by atoms with Crippen molar-refractivity contribution in [3.8, 4) is 6.07 Å². The van der Waals surface area contributed by atoms with Gasteiger partial charge in [-0.3, -0.25) is 0 Å². The molecule has 0 unspecified atom stereocenters. The Balaban J connectivity index is 0.00000144. The monoisotopic (exact) mass is 261 g/mol. The molecule has 0 amide bonds. The van der Waals surface area contributed by atoms with Crippen molar-refractivity contribution < 1.29 is 0 Å². The van der Waals surface area contributed by atoms with Gasteiger partial charge in [0.2, 0.25) is 0 Å². The maximum atomic E-state index is 8.42. The zero-order valence-corrected chi connectivity index (χ0v) is 9.18. The SMILES string of the molecule is Cl.N#CC[C@H](N)c1cccnc1Br. The van der Waals surface area contributed by atoms with Crippen molar-refractivity contribution in [3.05, 3.63) is 28.5 Å². The van der Waals surface area contributed by atoms with Crippen molar-refractivity contribution in [3.63, 3.8) is 0 Å². The van der Waals surface area contributed by atoms with Crippen LogP contribution in [0.4, 0.5) is 0 Å². The van der Waals surface area contributed by atoms with Crippen LogP contribution in [0.15, 0.2) is 22.9 Å². The van der Waals surface area contributed by atoms with Gasteiger partial charge in [-0.1, -0.05) is 6.07 Å². The van der Waals surface area contributed by atoms with Crippen LogP contribution in [0, 0.1) is 11.3 Å². The number of hydrogen-bond acceptors (Lipinski definition) is 3. The molecule has 1 heterocycles. The number of hydrogen-bond donors (Lipinski definition) is 1. The molecule has 0 bridgehead atoms. The zero-order chi connectivity index (χ0) is 8.97. The van der Waals surface area contributed by atoms with Crippen molar-refractivity contribution >= 4 is 28.3 Å². The Hall–Kier alpha value is -0.630. The predicted molar refractivity (Wildman–Crippen MR) is 56.3 cm³/mol. The summed E-state index contributed by atoms with van der Waals surface area (Å²) in [5.74, 6) is 0. The molecule has 0 aliphatic carbocycles. The predicted octanol–water partition coefficient (Wildman–Crippen LogP) is 2.18. The van der Waals surface area contributed by atoms with Crippen LogP contribution < -0.4 is 5.73 Å². The van der Waals surface area contributed by atoms with Gasteiger partial charge in [0.15, 0.2) is 0 Å². The lowest BCUT2D eigenvalue weighted by atomic mass is 10.1. The minimum atomic E-state index is -0.252. The highest BCUT2D eigenvalue weighted by molar-refractivity contribution is 9.10. The quantitative estimate of drug-likeness (QED) is 0.831. The maximum absolute atomic E-state index is 8.42. The summed E-state index contributed by atoms with van der Waals surface area (Å²) in [6.45, 7) is 0. The normalized spacial score (nSPS) is 11.2. The number of aromatic nitrogens is 1. The van der Waals surface area contributed by atoms with Crippen molar-refractivity contribution in [2.24, 2.45) is 5.73 Å². The molecule has 13 heavy (non-hydrogen) atoms. The molecule has 2 N–H and O–H groups in total. The summed E-state index contributed by atoms with van der Waals surface area (Å²) in [4.78, 5) is 4.01. The number of rotatable bonds is 2. The van der Waals surface area contributed by atoms with Crippen LogP contribution in [0.1, 0.15) is 18.0 Å². The minimum absolute atomic E-state index is 0. The second-order valence-corrected chi connectivity index (χ2v) is 3.10. The molecule has 0 aromatic carbocycles. The van der Waals surface area contributed by atoms with E-state index in [9.17, 15) is 0 Å². The smallest absolute Gasteiger partial charge is 0.110 e. The molecule has 3 nitrogen and oxygen atoms in total. The molecular formula is C8H9BrClN3. The molecule has 1 atom stereocenters. The van der Waals surface area contributed by atoms with Crippen molar-refractivity contribution in [2.45, 2.75) is 12.5 Å². The first-order valence-corrected chi connectivity index (χ1v) is 4.28. The summed E-state index contributed by atoms with van der Waals surface area (Å²) in [5.41, 5.74) is 6.59. The largest absolute Gasteiger partial charge is 0.323 e. The Morgan fingerprint density at radius 2 is 2.38 bits per heavy atom. The summed E-state index contributed by atoms with van der Waals surface area (Å²) in [7, 11) is 0. The first kappa shape index (κ1) is 12.4. The fraction of sp³-hybridized carbons (Fsp3) is 0.250. The van der Waals surface area contributed by atoms with Gasteiger partial charge in [0.05, 0.1) is 12.5 Å². The zero-order valence-electron chi connectivity index (χ0n) is 6.77. The molecule has 0 spiro atoms. The number of halogens is 2. The highest BCUT2D eigenvalue weighted by atomic mass is 79.9. The lowest BCUT2D eigenvalue weighted by molar-refractivity contribution is 0.738. The molecule has 0 aliphatic rings. The van der Waals surface area contributed by atoms with Crippen LogP contribution in [-0.2, 0) is 0 Å². The van der Waals surface area contributed by atoms with E-state index in [4.69, 9.17) is 11.0 Å². The number of pyridine rings is 1. The summed E-state index contributed by atoms with van der Waals surface area (Å²) >= 11 is 3.27. The molecule has 5 heteroatoms. The molecule has 1 aromatic rings. The van der Waals surface area contributed by atoms with E-state index in [1.165, 1.54) is 0 Å². The second kappa shape index (κ2) is 5.92. The van der Waals surface area contributed by atoms with E-state index in [1.807, 2.05) is 12.1 Å². The van der Waals surface area contributed by atoms with Gasteiger partial charge in [-0.25, -0.2) is 4.98 Å². The molecule has 1 aromatic heterocycles. The van der Waals surface area contributed by atoms with Crippen molar-refractivity contribution in [1.29, 1.82) is 5.26 Å². The molecular weight excluding hydrogens is 253 g/mol. The third-order valence-corrected chi connectivity index (χ3v) is 2.16. The second-order valence-electron chi connectivity index (χ2n) is 2.35. The van der Waals surface area contributed by atoms with Crippen LogP contribution >= 0.6 is 28.3 Å². The summed E-state index contributed by atoms with van der Waals surface area (Å²) in [5, 5.41) is 8.42. The van der Waals surface area contributed by atoms with E-state index in [0.717, 1.165) is 5.56 Å². The minimum Gasteiger partial charge on any atom is -0.323 e. The highest BCUT2D eigenvalue weighted by Gasteiger charge is 2.08. The topological polar surface area (TPSA) is 62.7 Å². The Morgan fingerprint density at radius 1 is 1.69 bits per heavy atom. The third-order valence-electron chi connectivity index (χ3n) is 1.50. The Bertz CT molecular complexity index is 311. The van der Waals surface area contributed by atoms with Gasteiger partial charge in [-0.15, -0.1) is 12.4 Å². The molecule has 0 saturated heterocycles. The van der Waals surface area contributed by atoms with Gasteiger partial charge in [0.1, 0.15) is 4.60 Å². The molecule has 0 fully saturated rings. The average molecular weight is 263 g/mol. The Labute approximate surface area is 91.5 Å². The molecule has 0 radical (unpaired) electrons. The van der Waals surface area contributed by atoms with Gasteiger partial charge < -0.3 is 5.73 Å². The maximum Gasteiger partial charge on any atom is 0.110 e. The van der Waals surface area contributed by atoms with Gasteiger partial charge in [0, 0.05) is 17.8 Å². The lowest BCUT2D eigenvalue weighted by Gasteiger charge is -2.08. The number of nitriles is 1. The standard InChI is InChI=1S/C8H8BrN3.ClH/c9-8-6(2-1-5-12-8)7(11)3-4-10;/h1-2,5,7H,3,11H2;1H/t7-;/m0./s1. The fourth-order valence-corrected chi connectivity index (χ4v) is 1.43. The number of nitrogens with two attached hydrogens (primary N) is 1. The Kier molecular flexibility index (Phi) is 5.63. The van der Waals surface area contributed by atoms with Gasteiger partial charge in [-0.05, 0) is 22.0 Å². The van der Waals surface area contributed by atoms with E-state index in [-0.39, 0.29) is 18.4 Å². The van der Waals surface area contributed by atoms with Crippen LogP contribution in [-0.4, -0.2) is 4.98 Å². The molecule has 0 saturated carbocycles. The molecule has 1 rings (SSSR count). The average Bonchev–Trinajstić information content (AvgIpc) is 2.05. The first-order chi connectivity index (χ1) is 5.75. The third kappa shape index (κ3) is 3.31. The van der Waals surface area contributed by atoms with E-state index >= 15 is 0 Å². The van der Waals surface area contributed by atoms with Gasteiger partial charge >= 0.3 is 0 Å². The molecule has 70 valence electrons. The van der Waals surface area contributed by atoms with Crippen LogP contribution in [0.2, 0.25) is 0 Å². The van der Waals surface area contributed by atoms with Crippen molar-refractivity contribution in [1.82, 2.24) is 4.98 Å². The fourth-order valence-electron chi connectivity index (χ4n) is 0.883. The summed E-state index contributed by atoms with van der Waals surface area (Å²) in [6.07, 6.45) is 1.98. The van der Waals surface area contributed by atoms with E-state index in [0.29, 0.717) is 11.0 Å². The van der Waals surface area contributed by atoms with Crippen molar-refractivity contribution in [2.75, 3.05) is 0 Å². The van der Waals surface area contributed by atoms with E-state index < -0.39 is 0 Å². The summed E-state index contributed by atoms with van der Waals surface area (Å²) in [6, 6.07) is 5.43. The molecule has 0 aliphatic heterocycles. The van der Waals surface area contributed by atoms with Crippen LogP contribution in [0.5, 0.6) is 0 Å². The summed E-state index contributed by atoms with van der Waals surface area (Å²) < 4.78 is 0.716. The van der Waals surface area contributed by atoms with E-state index in [2.05, 4.69) is 20.9 Å². The van der Waals surface area contributed by atoms with Gasteiger partial charge in [0.25, 0.3) is 0 Å².